The second kappa shape index (κ2) is 5.76. The van der Waals surface area contributed by atoms with Crippen LogP contribution in [0.5, 0.6) is 0 Å². The SMILES string of the molecule is CCCOC1CCc2ccc(C(=O)O)c(C)c2S1. The van der Waals surface area contributed by atoms with E-state index >= 15 is 0 Å². The van der Waals surface area contributed by atoms with E-state index in [1.165, 1.54) is 5.56 Å². The van der Waals surface area contributed by atoms with Crippen molar-refractivity contribution in [2.45, 2.75) is 43.4 Å². The topological polar surface area (TPSA) is 46.5 Å². The third-order valence-corrected chi connectivity index (χ3v) is 4.56. The van der Waals surface area contributed by atoms with Crippen LogP contribution in [0, 0.1) is 6.92 Å². The molecule has 1 aliphatic rings. The minimum atomic E-state index is -0.854. The molecule has 0 saturated heterocycles. The number of hydrogen-bond donors (Lipinski definition) is 1. The fourth-order valence-corrected chi connectivity index (χ4v) is 3.44. The summed E-state index contributed by atoms with van der Waals surface area (Å²) in [6.07, 6.45) is 2.99. The molecule has 4 heteroatoms. The van der Waals surface area contributed by atoms with Crippen molar-refractivity contribution in [3.8, 4) is 0 Å². The van der Waals surface area contributed by atoms with Crippen LogP contribution < -0.4 is 0 Å². The molecular formula is C14H18O3S. The molecule has 1 aliphatic heterocycles. The van der Waals surface area contributed by atoms with Crippen molar-refractivity contribution in [3.63, 3.8) is 0 Å². The molecule has 1 aromatic carbocycles. The summed E-state index contributed by atoms with van der Waals surface area (Å²) in [6, 6.07) is 3.65. The highest BCUT2D eigenvalue weighted by molar-refractivity contribution is 8.00. The number of carboxylic acids is 1. The lowest BCUT2D eigenvalue weighted by Gasteiger charge is -2.26. The van der Waals surface area contributed by atoms with Gasteiger partial charge in [0.25, 0.3) is 0 Å². The first-order chi connectivity index (χ1) is 8.63. The van der Waals surface area contributed by atoms with Crippen molar-refractivity contribution >= 4 is 17.7 Å². The number of rotatable bonds is 4. The molecule has 2 rings (SSSR count). The van der Waals surface area contributed by atoms with E-state index < -0.39 is 5.97 Å². The van der Waals surface area contributed by atoms with Crippen LogP contribution in [0.1, 0.15) is 41.3 Å². The molecule has 0 saturated carbocycles. The van der Waals surface area contributed by atoms with Crippen LogP contribution in [0.15, 0.2) is 17.0 Å². The second-order valence-corrected chi connectivity index (χ2v) is 5.66. The van der Waals surface area contributed by atoms with E-state index in [1.54, 1.807) is 17.8 Å². The summed E-state index contributed by atoms with van der Waals surface area (Å²) >= 11 is 1.67. The largest absolute Gasteiger partial charge is 0.478 e. The fraction of sp³-hybridized carbons (Fsp3) is 0.500. The molecule has 0 fully saturated rings. The lowest BCUT2D eigenvalue weighted by atomic mass is 10.0. The monoisotopic (exact) mass is 266 g/mol. The van der Waals surface area contributed by atoms with Crippen LogP contribution in [0.2, 0.25) is 0 Å². The van der Waals surface area contributed by atoms with Crippen molar-refractivity contribution in [2.75, 3.05) is 6.61 Å². The predicted molar refractivity (Wildman–Crippen MR) is 72.3 cm³/mol. The molecule has 3 nitrogen and oxygen atoms in total. The molecule has 1 aromatic rings. The van der Waals surface area contributed by atoms with Crippen LogP contribution in [0.3, 0.4) is 0 Å². The normalized spacial score (nSPS) is 18.4. The maximum absolute atomic E-state index is 11.1. The summed E-state index contributed by atoms with van der Waals surface area (Å²) in [5.74, 6) is -0.854. The Morgan fingerprint density at radius 2 is 2.33 bits per heavy atom. The van der Waals surface area contributed by atoms with Gasteiger partial charge in [-0.25, -0.2) is 4.79 Å². The molecular weight excluding hydrogens is 248 g/mol. The standard InChI is InChI=1S/C14H18O3S/c1-3-8-17-12-7-5-10-4-6-11(14(15)16)9(2)13(10)18-12/h4,6,12H,3,5,7-8H2,1-2H3,(H,15,16). The summed E-state index contributed by atoms with van der Waals surface area (Å²) in [5.41, 5.74) is 2.69. The number of ether oxygens (including phenoxy) is 1. The number of carboxylic acid groups (broad SMARTS) is 1. The summed E-state index contributed by atoms with van der Waals surface area (Å²) in [7, 11) is 0. The summed E-state index contributed by atoms with van der Waals surface area (Å²) < 4.78 is 5.76. The van der Waals surface area contributed by atoms with Gasteiger partial charge in [-0.05, 0) is 43.4 Å². The average molecular weight is 266 g/mol. The summed E-state index contributed by atoms with van der Waals surface area (Å²) in [4.78, 5) is 12.2. The molecule has 0 spiro atoms. The van der Waals surface area contributed by atoms with Crippen LogP contribution in [-0.2, 0) is 11.2 Å². The van der Waals surface area contributed by atoms with Gasteiger partial charge in [0.15, 0.2) is 0 Å². The van der Waals surface area contributed by atoms with Gasteiger partial charge in [0.1, 0.15) is 5.44 Å². The molecule has 0 bridgehead atoms. The Balaban J connectivity index is 2.24. The minimum absolute atomic E-state index is 0.167. The van der Waals surface area contributed by atoms with Crippen molar-refractivity contribution in [1.29, 1.82) is 0 Å². The number of hydrogen-bond acceptors (Lipinski definition) is 3. The first kappa shape index (κ1) is 13.4. The van der Waals surface area contributed by atoms with Crippen LogP contribution in [0.25, 0.3) is 0 Å². The number of aryl methyl sites for hydroxylation is 1. The van der Waals surface area contributed by atoms with Gasteiger partial charge in [-0.3, -0.25) is 0 Å². The Bertz CT molecular complexity index is 457. The Kier molecular flexibility index (Phi) is 4.30. The van der Waals surface area contributed by atoms with Gasteiger partial charge in [-0.1, -0.05) is 24.8 Å². The van der Waals surface area contributed by atoms with Gasteiger partial charge in [0.05, 0.1) is 5.56 Å². The van der Waals surface area contributed by atoms with E-state index in [0.29, 0.717) is 5.56 Å². The van der Waals surface area contributed by atoms with E-state index in [0.717, 1.165) is 36.3 Å². The Labute approximate surface area is 112 Å². The highest BCUT2D eigenvalue weighted by Gasteiger charge is 2.23. The van der Waals surface area contributed by atoms with E-state index in [1.807, 2.05) is 13.0 Å². The quantitative estimate of drug-likeness (QED) is 0.906. The highest BCUT2D eigenvalue weighted by atomic mass is 32.2. The molecule has 0 radical (unpaired) electrons. The maximum Gasteiger partial charge on any atom is 0.335 e. The molecule has 1 heterocycles. The molecule has 0 amide bonds. The molecule has 0 aromatic heterocycles. The minimum Gasteiger partial charge on any atom is -0.478 e. The number of carbonyl (C=O) groups is 1. The van der Waals surface area contributed by atoms with Crippen LogP contribution >= 0.6 is 11.8 Å². The van der Waals surface area contributed by atoms with Gasteiger partial charge in [-0.2, -0.15) is 0 Å². The summed E-state index contributed by atoms with van der Waals surface area (Å²) in [5, 5.41) is 9.13. The number of aromatic carboxylic acids is 1. The lowest BCUT2D eigenvalue weighted by molar-refractivity contribution is 0.0695. The van der Waals surface area contributed by atoms with Crippen molar-refractivity contribution < 1.29 is 14.6 Å². The molecule has 1 unspecified atom stereocenters. The maximum atomic E-state index is 11.1. The first-order valence-electron chi connectivity index (χ1n) is 6.27. The van der Waals surface area contributed by atoms with Gasteiger partial charge in [0.2, 0.25) is 0 Å². The Morgan fingerprint density at radius 1 is 1.56 bits per heavy atom. The van der Waals surface area contributed by atoms with E-state index in [4.69, 9.17) is 9.84 Å². The summed E-state index contributed by atoms with van der Waals surface area (Å²) in [6.45, 7) is 4.75. The highest BCUT2D eigenvalue weighted by Crippen LogP contribution is 2.39. The zero-order valence-corrected chi connectivity index (χ0v) is 11.5. The van der Waals surface area contributed by atoms with E-state index in [2.05, 4.69) is 6.92 Å². The smallest absolute Gasteiger partial charge is 0.335 e. The van der Waals surface area contributed by atoms with Gasteiger partial charge < -0.3 is 9.84 Å². The van der Waals surface area contributed by atoms with Crippen LogP contribution in [-0.4, -0.2) is 23.1 Å². The van der Waals surface area contributed by atoms with E-state index in [9.17, 15) is 4.79 Å². The van der Waals surface area contributed by atoms with Crippen molar-refractivity contribution in [2.24, 2.45) is 0 Å². The Hall–Kier alpha value is -1.00. The first-order valence-corrected chi connectivity index (χ1v) is 7.15. The van der Waals surface area contributed by atoms with Gasteiger partial charge in [0, 0.05) is 11.5 Å². The molecule has 0 aliphatic carbocycles. The second-order valence-electron chi connectivity index (χ2n) is 4.49. The van der Waals surface area contributed by atoms with Gasteiger partial charge in [-0.15, -0.1) is 0 Å². The van der Waals surface area contributed by atoms with Crippen molar-refractivity contribution in [3.05, 3.63) is 28.8 Å². The fourth-order valence-electron chi connectivity index (χ4n) is 2.17. The third-order valence-electron chi connectivity index (χ3n) is 3.12. The number of thioether (sulfide) groups is 1. The van der Waals surface area contributed by atoms with Crippen molar-refractivity contribution in [1.82, 2.24) is 0 Å². The number of fused-ring (bicyclic) bond motifs is 1. The molecule has 1 N–H and O–H groups in total. The third kappa shape index (κ3) is 2.70. The molecule has 1 atom stereocenters. The lowest BCUT2D eigenvalue weighted by Crippen LogP contribution is -2.16. The van der Waals surface area contributed by atoms with Crippen LogP contribution in [0.4, 0.5) is 0 Å². The Morgan fingerprint density at radius 3 is 3.00 bits per heavy atom. The molecule has 98 valence electrons. The zero-order chi connectivity index (χ0) is 13.1. The number of benzene rings is 1. The van der Waals surface area contributed by atoms with E-state index in [-0.39, 0.29) is 5.44 Å². The van der Waals surface area contributed by atoms with Gasteiger partial charge >= 0.3 is 5.97 Å². The molecule has 18 heavy (non-hydrogen) atoms. The predicted octanol–water partition coefficient (Wildman–Crippen LogP) is 3.48. The average Bonchev–Trinajstić information content (AvgIpc) is 2.36. The zero-order valence-electron chi connectivity index (χ0n) is 10.7.